The Morgan fingerprint density at radius 1 is 1.38 bits per heavy atom. The van der Waals surface area contributed by atoms with Gasteiger partial charge in [-0.3, -0.25) is 0 Å². The van der Waals surface area contributed by atoms with E-state index in [4.69, 9.17) is 15.7 Å². The van der Waals surface area contributed by atoms with Gasteiger partial charge in [0, 0.05) is 0 Å². The first-order valence-electron chi connectivity index (χ1n) is 4.03. The van der Waals surface area contributed by atoms with Crippen LogP contribution in [-0.2, 0) is 4.84 Å². The zero-order valence-electron chi connectivity index (χ0n) is 6.97. The van der Waals surface area contributed by atoms with Crippen LogP contribution in [0.5, 0.6) is 5.75 Å². The average Bonchev–Trinajstić information content (AvgIpc) is 2.53. The van der Waals surface area contributed by atoms with Crippen LogP contribution < -0.4 is 5.73 Å². The summed E-state index contributed by atoms with van der Waals surface area (Å²) < 4.78 is 0. The van der Waals surface area contributed by atoms with E-state index in [2.05, 4.69) is 5.16 Å². The molecular weight excluding hydrogens is 168 g/mol. The summed E-state index contributed by atoms with van der Waals surface area (Å²) in [6, 6.07) is 6.84. The highest BCUT2D eigenvalue weighted by atomic mass is 16.6. The van der Waals surface area contributed by atoms with Crippen molar-refractivity contribution >= 4 is 5.84 Å². The molecule has 4 heteroatoms. The maximum Gasteiger partial charge on any atom is 0.159 e. The molecule has 1 atom stereocenters. The molecule has 0 saturated carbocycles. The highest BCUT2D eigenvalue weighted by molar-refractivity contribution is 5.81. The van der Waals surface area contributed by atoms with Gasteiger partial charge in [0.15, 0.2) is 6.10 Å². The molecule has 68 valence electrons. The first-order chi connectivity index (χ1) is 6.25. The number of benzene rings is 1. The van der Waals surface area contributed by atoms with Crippen LogP contribution in [0, 0.1) is 0 Å². The summed E-state index contributed by atoms with van der Waals surface area (Å²) in [5, 5.41) is 12.7. The van der Waals surface area contributed by atoms with Gasteiger partial charge in [-0.1, -0.05) is 17.3 Å². The third kappa shape index (κ3) is 1.56. The number of phenols is 1. The van der Waals surface area contributed by atoms with Crippen molar-refractivity contribution in [3.05, 3.63) is 29.8 Å². The SMILES string of the molecule is NC1=NOC(c2ccc(O)cc2)C1. The zero-order chi connectivity index (χ0) is 9.26. The van der Waals surface area contributed by atoms with Crippen LogP contribution in [0.25, 0.3) is 0 Å². The van der Waals surface area contributed by atoms with Gasteiger partial charge >= 0.3 is 0 Å². The van der Waals surface area contributed by atoms with Crippen LogP contribution in [0.1, 0.15) is 18.1 Å². The fourth-order valence-corrected chi connectivity index (χ4v) is 1.26. The van der Waals surface area contributed by atoms with Gasteiger partial charge in [-0.2, -0.15) is 0 Å². The minimum atomic E-state index is -0.0967. The molecule has 1 aromatic rings. The molecule has 0 aliphatic carbocycles. The number of rotatable bonds is 1. The van der Waals surface area contributed by atoms with E-state index in [1.807, 2.05) is 0 Å². The predicted molar refractivity (Wildman–Crippen MR) is 48.2 cm³/mol. The second kappa shape index (κ2) is 2.97. The summed E-state index contributed by atoms with van der Waals surface area (Å²) in [6.07, 6.45) is 0.519. The fourth-order valence-electron chi connectivity index (χ4n) is 1.26. The Hall–Kier alpha value is -1.71. The van der Waals surface area contributed by atoms with E-state index in [0.29, 0.717) is 12.3 Å². The summed E-state index contributed by atoms with van der Waals surface area (Å²) >= 11 is 0. The maximum atomic E-state index is 9.06. The van der Waals surface area contributed by atoms with Gasteiger partial charge in [0.1, 0.15) is 11.6 Å². The minimum absolute atomic E-state index is 0.0967. The number of nitrogens with zero attached hydrogens (tertiary/aromatic N) is 1. The number of phenolic OH excluding ortho intramolecular Hbond substituents is 1. The van der Waals surface area contributed by atoms with Crippen molar-refractivity contribution < 1.29 is 9.94 Å². The summed E-state index contributed by atoms with van der Waals surface area (Å²) in [5.41, 5.74) is 6.44. The molecule has 0 radical (unpaired) electrons. The molecule has 1 aliphatic rings. The highest BCUT2D eigenvalue weighted by Gasteiger charge is 2.20. The van der Waals surface area contributed by atoms with Crippen LogP contribution in [0.15, 0.2) is 29.4 Å². The second-order valence-corrected chi connectivity index (χ2v) is 2.97. The molecule has 0 aromatic heterocycles. The molecule has 13 heavy (non-hydrogen) atoms. The van der Waals surface area contributed by atoms with Crippen LogP contribution >= 0.6 is 0 Å². The van der Waals surface area contributed by atoms with E-state index < -0.39 is 0 Å². The largest absolute Gasteiger partial charge is 0.508 e. The Morgan fingerprint density at radius 3 is 2.62 bits per heavy atom. The number of hydrogen-bond acceptors (Lipinski definition) is 4. The lowest BCUT2D eigenvalue weighted by molar-refractivity contribution is 0.0857. The normalized spacial score (nSPS) is 20.9. The molecule has 1 aliphatic heterocycles. The van der Waals surface area contributed by atoms with E-state index in [9.17, 15) is 0 Å². The van der Waals surface area contributed by atoms with E-state index >= 15 is 0 Å². The van der Waals surface area contributed by atoms with Gasteiger partial charge in [0.25, 0.3) is 0 Å². The lowest BCUT2D eigenvalue weighted by Gasteiger charge is -2.07. The lowest BCUT2D eigenvalue weighted by atomic mass is 10.1. The molecule has 3 N–H and O–H groups in total. The van der Waals surface area contributed by atoms with Crippen molar-refractivity contribution in [1.82, 2.24) is 0 Å². The molecule has 1 heterocycles. The quantitative estimate of drug-likeness (QED) is 0.677. The van der Waals surface area contributed by atoms with Crippen molar-refractivity contribution in [2.45, 2.75) is 12.5 Å². The molecule has 0 spiro atoms. The van der Waals surface area contributed by atoms with Gasteiger partial charge in [-0.15, -0.1) is 0 Å². The first kappa shape index (κ1) is 7.91. The van der Waals surface area contributed by atoms with Gasteiger partial charge in [-0.25, -0.2) is 0 Å². The molecule has 1 unspecified atom stereocenters. The number of hydrogen-bond donors (Lipinski definition) is 2. The van der Waals surface area contributed by atoms with Gasteiger partial charge in [0.2, 0.25) is 0 Å². The number of amidine groups is 1. The van der Waals surface area contributed by atoms with E-state index in [1.165, 1.54) is 0 Å². The molecule has 0 saturated heterocycles. The molecule has 0 bridgehead atoms. The second-order valence-electron chi connectivity index (χ2n) is 2.97. The van der Waals surface area contributed by atoms with Crippen molar-refractivity contribution in [2.75, 3.05) is 0 Å². The Kier molecular flexibility index (Phi) is 1.81. The average molecular weight is 178 g/mol. The number of aromatic hydroxyl groups is 1. The lowest BCUT2D eigenvalue weighted by Crippen LogP contribution is -2.08. The molecular formula is C9H10N2O2. The number of oxime groups is 1. The third-order valence-corrected chi connectivity index (χ3v) is 1.96. The van der Waals surface area contributed by atoms with E-state index in [-0.39, 0.29) is 11.9 Å². The molecule has 2 rings (SSSR count). The summed E-state index contributed by atoms with van der Waals surface area (Å²) in [4.78, 5) is 5.07. The Labute approximate surface area is 75.6 Å². The highest BCUT2D eigenvalue weighted by Crippen LogP contribution is 2.26. The Balaban J connectivity index is 2.14. The van der Waals surface area contributed by atoms with Gasteiger partial charge in [-0.05, 0) is 17.7 Å². The topological polar surface area (TPSA) is 67.8 Å². The molecule has 0 amide bonds. The number of nitrogens with two attached hydrogens (primary N) is 1. The molecule has 4 nitrogen and oxygen atoms in total. The first-order valence-corrected chi connectivity index (χ1v) is 4.03. The standard InChI is InChI=1S/C9H10N2O2/c10-9-5-8(13-11-9)6-1-3-7(12)4-2-6/h1-4,8,12H,5H2,(H2,10,11). The van der Waals surface area contributed by atoms with Crippen LogP contribution in [0.2, 0.25) is 0 Å². The summed E-state index contributed by atoms with van der Waals surface area (Å²) in [6.45, 7) is 0. The van der Waals surface area contributed by atoms with Crippen molar-refractivity contribution in [2.24, 2.45) is 10.9 Å². The predicted octanol–water partition coefficient (Wildman–Crippen LogP) is 1.13. The minimum Gasteiger partial charge on any atom is -0.508 e. The van der Waals surface area contributed by atoms with Crippen molar-refractivity contribution in [3.63, 3.8) is 0 Å². The summed E-state index contributed by atoms with van der Waals surface area (Å²) in [7, 11) is 0. The van der Waals surface area contributed by atoms with Crippen molar-refractivity contribution in [3.8, 4) is 5.75 Å². The van der Waals surface area contributed by atoms with Gasteiger partial charge < -0.3 is 15.7 Å². The van der Waals surface area contributed by atoms with Crippen LogP contribution in [0.4, 0.5) is 0 Å². The molecule has 0 fully saturated rings. The monoisotopic (exact) mass is 178 g/mol. The fraction of sp³-hybridized carbons (Fsp3) is 0.222. The van der Waals surface area contributed by atoms with Crippen molar-refractivity contribution in [1.29, 1.82) is 0 Å². The third-order valence-electron chi connectivity index (χ3n) is 1.96. The molecule has 1 aromatic carbocycles. The van der Waals surface area contributed by atoms with Gasteiger partial charge in [0.05, 0.1) is 6.42 Å². The van der Waals surface area contributed by atoms with Crippen LogP contribution in [0.3, 0.4) is 0 Å². The van der Waals surface area contributed by atoms with E-state index in [0.717, 1.165) is 5.56 Å². The summed E-state index contributed by atoms with van der Waals surface area (Å²) in [5.74, 6) is 0.758. The maximum absolute atomic E-state index is 9.06. The zero-order valence-corrected chi connectivity index (χ0v) is 6.97. The van der Waals surface area contributed by atoms with E-state index in [1.54, 1.807) is 24.3 Å². The smallest absolute Gasteiger partial charge is 0.159 e. The Morgan fingerprint density at radius 2 is 2.08 bits per heavy atom. The Bertz CT molecular complexity index is 332. The van der Waals surface area contributed by atoms with Crippen LogP contribution in [-0.4, -0.2) is 10.9 Å².